The molecular weight excluding hydrogens is 376 g/mol. The minimum absolute atomic E-state index is 0.0120. The van der Waals surface area contributed by atoms with Gasteiger partial charge in [0.1, 0.15) is 5.75 Å². The van der Waals surface area contributed by atoms with E-state index in [4.69, 9.17) is 9.72 Å². The molecule has 0 aliphatic carbocycles. The van der Waals surface area contributed by atoms with Gasteiger partial charge in [-0.05, 0) is 50.5 Å². The fraction of sp³-hybridized carbons (Fsp3) is 0.375. The molecule has 1 amide bonds. The first kappa shape index (κ1) is 20.1. The SMILES string of the molecule is COc1ccc(C(C)(C)C(=O)N2CCC[C@H]2c2ccc(-c3cnn(C)c3)cn2)cc1. The maximum absolute atomic E-state index is 13.6. The second-order valence-corrected chi connectivity index (χ2v) is 8.38. The summed E-state index contributed by atoms with van der Waals surface area (Å²) in [7, 11) is 3.55. The zero-order valence-electron chi connectivity index (χ0n) is 18.0. The first-order valence-electron chi connectivity index (χ1n) is 10.3. The molecule has 3 aromatic rings. The smallest absolute Gasteiger partial charge is 0.233 e. The van der Waals surface area contributed by atoms with Crippen molar-refractivity contribution in [3.05, 3.63) is 66.2 Å². The Morgan fingerprint density at radius 3 is 2.47 bits per heavy atom. The number of methoxy groups -OCH3 is 1. The van der Waals surface area contributed by atoms with Crippen LogP contribution in [0.2, 0.25) is 0 Å². The molecule has 1 fully saturated rings. The predicted molar refractivity (Wildman–Crippen MR) is 116 cm³/mol. The summed E-state index contributed by atoms with van der Waals surface area (Å²) in [5, 5.41) is 4.22. The van der Waals surface area contributed by atoms with Crippen LogP contribution in [0.1, 0.15) is 44.0 Å². The molecule has 1 aliphatic rings. The molecule has 6 nitrogen and oxygen atoms in total. The zero-order chi connectivity index (χ0) is 21.3. The molecule has 4 rings (SSSR count). The van der Waals surface area contributed by atoms with E-state index in [9.17, 15) is 4.79 Å². The Labute approximate surface area is 177 Å². The van der Waals surface area contributed by atoms with Crippen molar-refractivity contribution in [2.45, 2.75) is 38.1 Å². The highest BCUT2D eigenvalue weighted by Gasteiger charge is 2.39. The lowest BCUT2D eigenvalue weighted by atomic mass is 9.83. The average Bonchev–Trinajstić information content (AvgIpc) is 3.42. The van der Waals surface area contributed by atoms with Crippen LogP contribution < -0.4 is 4.74 Å². The van der Waals surface area contributed by atoms with E-state index in [0.717, 1.165) is 47.5 Å². The van der Waals surface area contributed by atoms with Gasteiger partial charge in [0.05, 0.1) is 30.5 Å². The first-order chi connectivity index (χ1) is 14.4. The summed E-state index contributed by atoms with van der Waals surface area (Å²) >= 11 is 0. The second-order valence-electron chi connectivity index (χ2n) is 8.38. The zero-order valence-corrected chi connectivity index (χ0v) is 18.0. The van der Waals surface area contributed by atoms with Crippen molar-refractivity contribution in [1.82, 2.24) is 19.7 Å². The van der Waals surface area contributed by atoms with Gasteiger partial charge in [0.25, 0.3) is 0 Å². The third kappa shape index (κ3) is 3.70. The number of aromatic nitrogens is 3. The van der Waals surface area contributed by atoms with Crippen LogP contribution in [-0.2, 0) is 17.3 Å². The lowest BCUT2D eigenvalue weighted by Gasteiger charge is -2.33. The van der Waals surface area contributed by atoms with Gasteiger partial charge >= 0.3 is 0 Å². The van der Waals surface area contributed by atoms with Gasteiger partial charge in [-0.15, -0.1) is 0 Å². The fourth-order valence-corrected chi connectivity index (χ4v) is 4.15. The third-order valence-corrected chi connectivity index (χ3v) is 6.03. The predicted octanol–water partition coefficient (Wildman–Crippen LogP) is 4.13. The average molecular weight is 405 g/mol. The number of nitrogens with zero attached hydrogens (tertiary/aromatic N) is 4. The van der Waals surface area contributed by atoms with Crippen LogP contribution in [0, 0.1) is 0 Å². The van der Waals surface area contributed by atoms with Gasteiger partial charge in [0.15, 0.2) is 0 Å². The fourth-order valence-electron chi connectivity index (χ4n) is 4.15. The Bertz CT molecular complexity index is 1020. The Balaban J connectivity index is 1.55. The topological polar surface area (TPSA) is 60.2 Å². The normalized spacial score (nSPS) is 16.7. The number of aryl methyl sites for hydroxylation is 1. The van der Waals surface area contributed by atoms with E-state index in [1.165, 1.54) is 0 Å². The summed E-state index contributed by atoms with van der Waals surface area (Å²) in [5.74, 6) is 0.923. The molecule has 2 aromatic heterocycles. The molecule has 3 heterocycles. The van der Waals surface area contributed by atoms with Crippen molar-refractivity contribution in [2.75, 3.05) is 13.7 Å². The summed E-state index contributed by atoms with van der Waals surface area (Å²) in [4.78, 5) is 20.3. The van der Waals surface area contributed by atoms with Gasteiger partial charge < -0.3 is 9.64 Å². The molecule has 6 heteroatoms. The van der Waals surface area contributed by atoms with Crippen molar-refractivity contribution in [3.63, 3.8) is 0 Å². The highest BCUT2D eigenvalue weighted by atomic mass is 16.5. The van der Waals surface area contributed by atoms with Crippen LogP contribution in [0.25, 0.3) is 11.1 Å². The molecule has 30 heavy (non-hydrogen) atoms. The van der Waals surface area contributed by atoms with Gasteiger partial charge in [0.2, 0.25) is 5.91 Å². The number of pyridine rings is 1. The van der Waals surface area contributed by atoms with Gasteiger partial charge in [-0.2, -0.15) is 5.10 Å². The highest BCUT2D eigenvalue weighted by molar-refractivity contribution is 5.88. The first-order valence-corrected chi connectivity index (χ1v) is 10.3. The molecule has 156 valence electrons. The van der Waals surface area contributed by atoms with Crippen LogP contribution in [0.4, 0.5) is 0 Å². The van der Waals surface area contributed by atoms with Crippen molar-refractivity contribution >= 4 is 5.91 Å². The lowest BCUT2D eigenvalue weighted by Crippen LogP contribution is -2.43. The summed E-state index contributed by atoms with van der Waals surface area (Å²) in [5.41, 5.74) is 3.38. The van der Waals surface area contributed by atoms with Crippen LogP contribution in [0.5, 0.6) is 5.75 Å². The number of amides is 1. The monoisotopic (exact) mass is 404 g/mol. The number of ether oxygens (including phenoxy) is 1. The molecule has 0 N–H and O–H groups in total. The largest absolute Gasteiger partial charge is 0.497 e. The standard InChI is InChI=1S/C24H28N4O2/c1-24(2,19-8-10-20(30-4)11-9-19)23(29)28-13-5-6-22(28)21-12-7-17(14-25-21)18-15-26-27(3)16-18/h7-12,14-16,22H,5-6,13H2,1-4H3/t22-/m0/s1. The van der Waals surface area contributed by atoms with E-state index >= 15 is 0 Å². The molecule has 0 bridgehead atoms. The van der Waals surface area contributed by atoms with Crippen molar-refractivity contribution in [3.8, 4) is 16.9 Å². The van der Waals surface area contributed by atoms with Crippen molar-refractivity contribution in [2.24, 2.45) is 7.05 Å². The number of likely N-dealkylation sites (tertiary alicyclic amines) is 1. The number of rotatable bonds is 5. The molecule has 1 aliphatic heterocycles. The van der Waals surface area contributed by atoms with E-state index in [1.54, 1.807) is 11.8 Å². The molecule has 0 spiro atoms. The number of hydrogen-bond donors (Lipinski definition) is 0. The lowest BCUT2D eigenvalue weighted by molar-refractivity contribution is -0.137. The highest BCUT2D eigenvalue weighted by Crippen LogP contribution is 2.36. The van der Waals surface area contributed by atoms with Gasteiger partial charge in [-0.1, -0.05) is 18.2 Å². The Kier molecular flexibility index (Phi) is 5.33. The minimum atomic E-state index is -0.621. The molecular formula is C24H28N4O2. The van der Waals surface area contributed by atoms with E-state index < -0.39 is 5.41 Å². The third-order valence-electron chi connectivity index (χ3n) is 6.03. The Morgan fingerprint density at radius 1 is 1.10 bits per heavy atom. The van der Waals surface area contributed by atoms with Crippen LogP contribution in [-0.4, -0.2) is 39.2 Å². The maximum Gasteiger partial charge on any atom is 0.233 e. The quantitative estimate of drug-likeness (QED) is 0.641. The van der Waals surface area contributed by atoms with E-state index in [2.05, 4.69) is 11.2 Å². The van der Waals surface area contributed by atoms with Crippen LogP contribution >= 0.6 is 0 Å². The van der Waals surface area contributed by atoms with Crippen LogP contribution in [0.15, 0.2) is 55.0 Å². The van der Waals surface area contributed by atoms with E-state index in [1.807, 2.05) is 74.7 Å². The summed E-state index contributed by atoms with van der Waals surface area (Å²) in [6, 6.07) is 11.9. The molecule has 1 saturated heterocycles. The van der Waals surface area contributed by atoms with E-state index in [0.29, 0.717) is 0 Å². The Hall–Kier alpha value is -3.15. The summed E-state index contributed by atoms with van der Waals surface area (Å²) in [6.07, 6.45) is 7.60. The van der Waals surface area contributed by atoms with Gasteiger partial charge in [-0.3, -0.25) is 14.5 Å². The van der Waals surface area contributed by atoms with Crippen molar-refractivity contribution < 1.29 is 9.53 Å². The van der Waals surface area contributed by atoms with Crippen molar-refractivity contribution in [1.29, 1.82) is 0 Å². The molecule has 1 aromatic carbocycles. The molecule has 0 radical (unpaired) electrons. The number of hydrogen-bond acceptors (Lipinski definition) is 4. The minimum Gasteiger partial charge on any atom is -0.497 e. The molecule has 1 atom stereocenters. The van der Waals surface area contributed by atoms with E-state index in [-0.39, 0.29) is 11.9 Å². The second kappa shape index (κ2) is 7.94. The van der Waals surface area contributed by atoms with Crippen LogP contribution in [0.3, 0.4) is 0 Å². The number of benzene rings is 1. The Morgan fingerprint density at radius 2 is 1.87 bits per heavy atom. The maximum atomic E-state index is 13.6. The molecule has 0 unspecified atom stereocenters. The summed E-state index contributed by atoms with van der Waals surface area (Å²) in [6.45, 7) is 4.74. The molecule has 0 saturated carbocycles. The number of carbonyl (C=O) groups excluding carboxylic acids is 1. The summed E-state index contributed by atoms with van der Waals surface area (Å²) < 4.78 is 7.03. The number of carbonyl (C=O) groups is 1. The van der Waals surface area contributed by atoms with Gasteiger partial charge in [0, 0.05) is 37.1 Å². The van der Waals surface area contributed by atoms with Gasteiger partial charge in [-0.25, -0.2) is 0 Å².